The first-order valence-corrected chi connectivity index (χ1v) is 7.62. The third-order valence-corrected chi connectivity index (χ3v) is 4.18. The number of rotatable bonds is 7. The van der Waals surface area contributed by atoms with Crippen LogP contribution in [-0.2, 0) is 9.53 Å². The smallest absolute Gasteiger partial charge is 0.326 e. The molecular formula is C14H20ClNO2S. The normalized spacial score (nSPS) is 13.9. The Morgan fingerprint density at radius 2 is 2.26 bits per heavy atom. The number of esters is 1. The summed E-state index contributed by atoms with van der Waals surface area (Å²) in [6.45, 7) is 4.08. The van der Waals surface area contributed by atoms with Gasteiger partial charge in [-0.25, -0.2) is 0 Å². The molecule has 1 aromatic rings. The molecule has 0 radical (unpaired) electrons. The number of likely N-dealkylation sites (N-methyl/N-ethyl adjacent to an activating group) is 1. The number of carbonyl (C=O) groups is 1. The molecule has 1 aromatic carbocycles. The Morgan fingerprint density at radius 3 is 2.84 bits per heavy atom. The van der Waals surface area contributed by atoms with Crippen LogP contribution in [0.15, 0.2) is 29.2 Å². The average molecular weight is 302 g/mol. The fourth-order valence-electron chi connectivity index (χ4n) is 1.55. The highest BCUT2D eigenvalue weighted by molar-refractivity contribution is 7.99. The molecule has 0 fully saturated rings. The minimum atomic E-state index is -0.637. The lowest BCUT2D eigenvalue weighted by atomic mass is 10.00. The van der Waals surface area contributed by atoms with Crippen molar-refractivity contribution in [2.24, 2.45) is 0 Å². The fraction of sp³-hybridized carbons (Fsp3) is 0.500. The second-order valence-electron chi connectivity index (χ2n) is 4.36. The number of nitrogens with one attached hydrogen (secondary N) is 1. The van der Waals surface area contributed by atoms with Crippen molar-refractivity contribution in [2.75, 3.05) is 19.4 Å². The minimum absolute atomic E-state index is 0.204. The maximum atomic E-state index is 11.9. The summed E-state index contributed by atoms with van der Waals surface area (Å²) in [5.74, 6) is 0.612. The lowest BCUT2D eigenvalue weighted by molar-refractivity contribution is -0.150. The number of benzene rings is 1. The van der Waals surface area contributed by atoms with Gasteiger partial charge in [-0.2, -0.15) is 0 Å². The Hall–Kier alpha value is -0.710. The summed E-state index contributed by atoms with van der Waals surface area (Å²) in [7, 11) is 1.78. The van der Waals surface area contributed by atoms with E-state index >= 15 is 0 Å². The van der Waals surface area contributed by atoms with E-state index in [1.807, 2.05) is 38.1 Å². The molecule has 0 saturated heterocycles. The molecular weight excluding hydrogens is 282 g/mol. The van der Waals surface area contributed by atoms with Crippen molar-refractivity contribution in [1.82, 2.24) is 5.32 Å². The highest BCUT2D eigenvalue weighted by Crippen LogP contribution is 2.24. The third-order valence-electron chi connectivity index (χ3n) is 2.94. The van der Waals surface area contributed by atoms with Crippen LogP contribution in [0.4, 0.5) is 0 Å². The zero-order chi connectivity index (χ0) is 14.3. The summed E-state index contributed by atoms with van der Waals surface area (Å²) in [5.41, 5.74) is -0.637. The molecule has 0 heterocycles. The summed E-state index contributed by atoms with van der Waals surface area (Å²) in [4.78, 5) is 13.0. The Kier molecular flexibility index (Phi) is 6.69. The number of thioether (sulfide) groups is 1. The molecule has 0 aliphatic carbocycles. The van der Waals surface area contributed by atoms with Crippen molar-refractivity contribution < 1.29 is 9.53 Å². The van der Waals surface area contributed by atoms with E-state index in [4.69, 9.17) is 16.3 Å². The highest BCUT2D eigenvalue weighted by Gasteiger charge is 2.32. The SMILES string of the molecule is CCOC(=O)C(C)(CCSc1cccc(Cl)c1)NC. The largest absolute Gasteiger partial charge is 0.465 e. The molecule has 106 valence electrons. The molecule has 1 rings (SSSR count). The molecule has 0 aliphatic heterocycles. The zero-order valence-corrected chi connectivity index (χ0v) is 13.1. The molecule has 3 nitrogen and oxygen atoms in total. The van der Waals surface area contributed by atoms with Gasteiger partial charge in [0.2, 0.25) is 0 Å². The van der Waals surface area contributed by atoms with Crippen LogP contribution in [0.25, 0.3) is 0 Å². The Bertz CT molecular complexity index is 428. The van der Waals surface area contributed by atoms with Crippen molar-refractivity contribution in [1.29, 1.82) is 0 Å². The van der Waals surface area contributed by atoms with Crippen LogP contribution in [0.5, 0.6) is 0 Å². The molecule has 5 heteroatoms. The maximum Gasteiger partial charge on any atom is 0.326 e. The molecule has 0 bridgehead atoms. The van der Waals surface area contributed by atoms with Gasteiger partial charge >= 0.3 is 5.97 Å². The molecule has 0 saturated carbocycles. The standard InChI is InChI=1S/C14H20ClNO2S/c1-4-18-13(17)14(2,16-3)8-9-19-12-7-5-6-11(15)10-12/h5-7,10,16H,4,8-9H2,1-3H3. The van der Waals surface area contributed by atoms with Crippen LogP contribution in [0.2, 0.25) is 5.02 Å². The Labute approximate surface area is 124 Å². The topological polar surface area (TPSA) is 38.3 Å². The fourth-order valence-corrected chi connectivity index (χ4v) is 2.94. The van der Waals surface area contributed by atoms with Gasteiger partial charge in [-0.1, -0.05) is 17.7 Å². The number of hydrogen-bond acceptors (Lipinski definition) is 4. The van der Waals surface area contributed by atoms with Gasteiger partial charge in [0.05, 0.1) is 6.61 Å². The second-order valence-corrected chi connectivity index (χ2v) is 5.96. The van der Waals surface area contributed by atoms with E-state index in [0.29, 0.717) is 13.0 Å². The van der Waals surface area contributed by atoms with E-state index in [9.17, 15) is 4.79 Å². The monoisotopic (exact) mass is 301 g/mol. The van der Waals surface area contributed by atoms with Crippen LogP contribution >= 0.6 is 23.4 Å². The molecule has 1 N–H and O–H groups in total. The van der Waals surface area contributed by atoms with E-state index in [2.05, 4.69) is 5.32 Å². The second kappa shape index (κ2) is 7.78. The van der Waals surface area contributed by atoms with Crippen LogP contribution in [0, 0.1) is 0 Å². The molecule has 19 heavy (non-hydrogen) atoms. The van der Waals surface area contributed by atoms with Crippen LogP contribution in [-0.4, -0.2) is 30.9 Å². The Morgan fingerprint density at radius 1 is 1.53 bits per heavy atom. The Balaban J connectivity index is 2.52. The third kappa shape index (κ3) is 5.05. The number of ether oxygens (including phenoxy) is 1. The molecule has 0 aliphatic rings. The van der Waals surface area contributed by atoms with Gasteiger partial charge < -0.3 is 10.1 Å². The van der Waals surface area contributed by atoms with Crippen LogP contribution < -0.4 is 5.32 Å². The first kappa shape index (κ1) is 16.3. The van der Waals surface area contributed by atoms with Crippen LogP contribution in [0.3, 0.4) is 0 Å². The van der Waals surface area contributed by atoms with Gasteiger partial charge in [-0.15, -0.1) is 11.8 Å². The summed E-state index contributed by atoms with van der Waals surface area (Å²) < 4.78 is 5.09. The maximum absolute atomic E-state index is 11.9. The van der Waals surface area contributed by atoms with Crippen molar-refractivity contribution in [2.45, 2.75) is 30.7 Å². The van der Waals surface area contributed by atoms with E-state index < -0.39 is 5.54 Å². The van der Waals surface area contributed by atoms with Gasteiger partial charge in [0.1, 0.15) is 5.54 Å². The summed E-state index contributed by atoms with van der Waals surface area (Å²) >= 11 is 7.61. The molecule has 0 aromatic heterocycles. The van der Waals surface area contributed by atoms with Crippen molar-refractivity contribution in [3.8, 4) is 0 Å². The van der Waals surface area contributed by atoms with E-state index in [-0.39, 0.29) is 5.97 Å². The van der Waals surface area contributed by atoms with Gasteiger partial charge in [0, 0.05) is 15.7 Å². The number of hydrogen-bond donors (Lipinski definition) is 1. The molecule has 0 amide bonds. The van der Waals surface area contributed by atoms with E-state index in [1.165, 1.54) is 0 Å². The quantitative estimate of drug-likeness (QED) is 0.619. The predicted molar refractivity (Wildman–Crippen MR) is 80.9 cm³/mol. The van der Waals surface area contributed by atoms with Crippen LogP contribution in [0.1, 0.15) is 20.3 Å². The molecule has 1 atom stereocenters. The van der Waals surface area contributed by atoms with E-state index in [1.54, 1.807) is 18.8 Å². The van der Waals surface area contributed by atoms with E-state index in [0.717, 1.165) is 15.7 Å². The summed E-state index contributed by atoms with van der Waals surface area (Å²) in [6.07, 6.45) is 0.694. The number of halogens is 1. The lowest BCUT2D eigenvalue weighted by Crippen LogP contribution is -2.49. The average Bonchev–Trinajstić information content (AvgIpc) is 2.39. The van der Waals surface area contributed by atoms with Gasteiger partial charge in [0.15, 0.2) is 0 Å². The molecule has 0 spiro atoms. The van der Waals surface area contributed by atoms with Crippen molar-refractivity contribution in [3.63, 3.8) is 0 Å². The summed E-state index contributed by atoms with van der Waals surface area (Å²) in [5, 5.41) is 3.78. The van der Waals surface area contributed by atoms with Crippen molar-refractivity contribution in [3.05, 3.63) is 29.3 Å². The highest BCUT2D eigenvalue weighted by atomic mass is 35.5. The van der Waals surface area contributed by atoms with Crippen molar-refractivity contribution >= 4 is 29.3 Å². The summed E-state index contributed by atoms with van der Waals surface area (Å²) in [6, 6.07) is 7.71. The van der Waals surface area contributed by atoms with Gasteiger partial charge in [-0.3, -0.25) is 4.79 Å². The predicted octanol–water partition coefficient (Wildman–Crippen LogP) is 3.36. The minimum Gasteiger partial charge on any atom is -0.465 e. The first-order valence-electron chi connectivity index (χ1n) is 6.26. The lowest BCUT2D eigenvalue weighted by Gasteiger charge is -2.26. The van der Waals surface area contributed by atoms with Gasteiger partial charge in [-0.05, 0) is 45.5 Å². The first-order chi connectivity index (χ1) is 9.01. The molecule has 1 unspecified atom stereocenters. The number of carbonyl (C=O) groups excluding carboxylic acids is 1. The zero-order valence-electron chi connectivity index (χ0n) is 11.5. The van der Waals surface area contributed by atoms with Gasteiger partial charge in [0.25, 0.3) is 0 Å².